The van der Waals surface area contributed by atoms with E-state index in [1.54, 1.807) is 19.5 Å². The summed E-state index contributed by atoms with van der Waals surface area (Å²) >= 11 is 0. The van der Waals surface area contributed by atoms with Crippen LogP contribution in [-0.2, 0) is 13.1 Å². The Kier molecular flexibility index (Phi) is 6.15. The molecule has 0 aliphatic rings. The number of pyridine rings is 1. The summed E-state index contributed by atoms with van der Waals surface area (Å²) in [6, 6.07) is 23.8. The first-order valence-electron chi connectivity index (χ1n) is 9.74. The number of methoxy groups -OCH3 is 1. The van der Waals surface area contributed by atoms with Crippen LogP contribution in [0.1, 0.15) is 11.1 Å². The Morgan fingerprint density at radius 3 is 1.93 bits per heavy atom. The number of ether oxygens (including phenoxy) is 1. The van der Waals surface area contributed by atoms with Gasteiger partial charge in [-0.1, -0.05) is 42.5 Å². The van der Waals surface area contributed by atoms with Crippen molar-refractivity contribution >= 4 is 11.6 Å². The largest absolute Gasteiger partial charge is 0.497 e. The molecule has 2 heterocycles. The van der Waals surface area contributed by atoms with E-state index in [4.69, 9.17) is 14.7 Å². The van der Waals surface area contributed by atoms with Crippen LogP contribution in [0.5, 0.6) is 5.75 Å². The quantitative estimate of drug-likeness (QED) is 0.446. The zero-order chi connectivity index (χ0) is 20.6. The van der Waals surface area contributed by atoms with E-state index >= 15 is 0 Å². The number of aromatic nitrogens is 3. The molecule has 0 aliphatic heterocycles. The van der Waals surface area contributed by atoms with Crippen molar-refractivity contribution in [3.63, 3.8) is 0 Å². The molecule has 150 valence electrons. The summed E-state index contributed by atoms with van der Waals surface area (Å²) in [6.45, 7) is 1.31. The molecule has 0 unspecified atom stereocenters. The third-order valence-corrected chi connectivity index (χ3v) is 4.61. The first kappa shape index (κ1) is 19.4. The van der Waals surface area contributed by atoms with Gasteiger partial charge in [0.15, 0.2) is 5.82 Å². The van der Waals surface area contributed by atoms with Crippen molar-refractivity contribution in [2.45, 2.75) is 13.1 Å². The number of nitrogens with zero attached hydrogens (tertiary/aromatic N) is 3. The Morgan fingerprint density at radius 1 is 0.733 bits per heavy atom. The molecule has 2 aromatic heterocycles. The van der Waals surface area contributed by atoms with E-state index in [1.807, 2.05) is 72.8 Å². The molecule has 0 fully saturated rings. The molecule has 0 amide bonds. The van der Waals surface area contributed by atoms with E-state index in [-0.39, 0.29) is 0 Å². The number of anilines is 2. The third-order valence-electron chi connectivity index (χ3n) is 4.61. The Bertz CT molecular complexity index is 1070. The average Bonchev–Trinajstić information content (AvgIpc) is 2.83. The van der Waals surface area contributed by atoms with Gasteiger partial charge in [0.25, 0.3) is 0 Å². The second kappa shape index (κ2) is 9.52. The molecule has 0 bridgehead atoms. The second-order valence-corrected chi connectivity index (χ2v) is 6.74. The third kappa shape index (κ3) is 5.11. The standard InChI is InChI=1S/C24H23N5O/c1-30-21-9-7-18(8-10-21)16-26-22-15-23(27-17-19-11-13-25-14-12-19)29-24(28-22)20-5-3-2-4-6-20/h2-15H,16-17H2,1H3,(H2,26,27,28,29). The summed E-state index contributed by atoms with van der Waals surface area (Å²) in [5.41, 5.74) is 3.25. The number of nitrogens with one attached hydrogen (secondary N) is 2. The molecule has 0 radical (unpaired) electrons. The van der Waals surface area contributed by atoms with Gasteiger partial charge in [0, 0.05) is 37.1 Å². The zero-order valence-corrected chi connectivity index (χ0v) is 16.7. The van der Waals surface area contributed by atoms with Crippen molar-refractivity contribution in [1.82, 2.24) is 15.0 Å². The summed E-state index contributed by atoms with van der Waals surface area (Å²) in [6.07, 6.45) is 3.57. The molecule has 30 heavy (non-hydrogen) atoms. The van der Waals surface area contributed by atoms with Crippen molar-refractivity contribution in [3.05, 3.63) is 96.3 Å². The van der Waals surface area contributed by atoms with Crippen molar-refractivity contribution in [3.8, 4) is 17.1 Å². The normalized spacial score (nSPS) is 10.4. The SMILES string of the molecule is COc1ccc(CNc2cc(NCc3ccncc3)nc(-c3ccccc3)n2)cc1. The average molecular weight is 397 g/mol. The fourth-order valence-corrected chi connectivity index (χ4v) is 2.97. The lowest BCUT2D eigenvalue weighted by Crippen LogP contribution is -2.07. The zero-order valence-electron chi connectivity index (χ0n) is 16.7. The molecular formula is C24H23N5O. The highest BCUT2D eigenvalue weighted by Crippen LogP contribution is 2.21. The topological polar surface area (TPSA) is 72.0 Å². The minimum Gasteiger partial charge on any atom is -0.497 e. The number of hydrogen-bond donors (Lipinski definition) is 2. The highest BCUT2D eigenvalue weighted by atomic mass is 16.5. The van der Waals surface area contributed by atoms with Gasteiger partial charge in [-0.05, 0) is 35.4 Å². The molecule has 4 aromatic rings. The van der Waals surface area contributed by atoms with Gasteiger partial charge in [-0.2, -0.15) is 0 Å². The maximum absolute atomic E-state index is 5.22. The second-order valence-electron chi connectivity index (χ2n) is 6.74. The molecule has 0 saturated heterocycles. The Balaban J connectivity index is 1.54. The maximum Gasteiger partial charge on any atom is 0.163 e. The molecule has 4 rings (SSSR count). The van der Waals surface area contributed by atoms with Gasteiger partial charge < -0.3 is 15.4 Å². The van der Waals surface area contributed by atoms with Crippen LogP contribution in [0.3, 0.4) is 0 Å². The summed E-state index contributed by atoms with van der Waals surface area (Å²) in [7, 11) is 1.67. The summed E-state index contributed by atoms with van der Waals surface area (Å²) in [5.74, 6) is 3.04. The van der Waals surface area contributed by atoms with Gasteiger partial charge >= 0.3 is 0 Å². The molecule has 0 saturated carbocycles. The lowest BCUT2D eigenvalue weighted by Gasteiger charge is -2.12. The van der Waals surface area contributed by atoms with E-state index in [9.17, 15) is 0 Å². The van der Waals surface area contributed by atoms with Crippen molar-refractivity contribution in [2.75, 3.05) is 17.7 Å². The summed E-state index contributed by atoms with van der Waals surface area (Å²) in [4.78, 5) is 13.5. The molecule has 0 spiro atoms. The first-order chi connectivity index (χ1) is 14.8. The van der Waals surface area contributed by atoms with Crippen LogP contribution in [0.4, 0.5) is 11.6 Å². The van der Waals surface area contributed by atoms with Crippen LogP contribution >= 0.6 is 0 Å². The Labute approximate surface area is 176 Å². The Hall–Kier alpha value is -3.93. The monoisotopic (exact) mass is 397 g/mol. The minimum absolute atomic E-state index is 0.652. The lowest BCUT2D eigenvalue weighted by atomic mass is 10.2. The van der Waals surface area contributed by atoms with E-state index in [2.05, 4.69) is 15.6 Å². The predicted octanol–water partition coefficient (Wildman–Crippen LogP) is 4.77. The minimum atomic E-state index is 0.652. The van der Waals surface area contributed by atoms with Gasteiger partial charge in [0.1, 0.15) is 17.4 Å². The molecule has 2 aromatic carbocycles. The van der Waals surface area contributed by atoms with E-state index < -0.39 is 0 Å². The lowest BCUT2D eigenvalue weighted by molar-refractivity contribution is 0.414. The fourth-order valence-electron chi connectivity index (χ4n) is 2.97. The van der Waals surface area contributed by atoms with E-state index in [0.29, 0.717) is 18.9 Å². The number of hydrogen-bond acceptors (Lipinski definition) is 6. The van der Waals surface area contributed by atoms with Crippen LogP contribution < -0.4 is 15.4 Å². The maximum atomic E-state index is 5.22. The van der Waals surface area contributed by atoms with Crippen LogP contribution in [-0.4, -0.2) is 22.1 Å². The van der Waals surface area contributed by atoms with Crippen LogP contribution in [0, 0.1) is 0 Å². The molecule has 6 nitrogen and oxygen atoms in total. The molecule has 6 heteroatoms. The fraction of sp³-hybridized carbons (Fsp3) is 0.125. The first-order valence-corrected chi connectivity index (χ1v) is 9.74. The number of rotatable bonds is 8. The number of benzene rings is 2. The van der Waals surface area contributed by atoms with Gasteiger partial charge in [0.2, 0.25) is 0 Å². The molecule has 0 aliphatic carbocycles. The van der Waals surface area contributed by atoms with Crippen LogP contribution in [0.2, 0.25) is 0 Å². The van der Waals surface area contributed by atoms with Crippen molar-refractivity contribution in [2.24, 2.45) is 0 Å². The molecule has 0 atom stereocenters. The van der Waals surface area contributed by atoms with Gasteiger partial charge in [0.05, 0.1) is 7.11 Å². The van der Waals surface area contributed by atoms with E-state index in [1.165, 1.54) is 0 Å². The Morgan fingerprint density at radius 2 is 1.33 bits per heavy atom. The van der Waals surface area contributed by atoms with Gasteiger partial charge in [-0.25, -0.2) is 9.97 Å². The van der Waals surface area contributed by atoms with Gasteiger partial charge in [-0.15, -0.1) is 0 Å². The predicted molar refractivity (Wildman–Crippen MR) is 119 cm³/mol. The van der Waals surface area contributed by atoms with Crippen molar-refractivity contribution in [1.29, 1.82) is 0 Å². The van der Waals surface area contributed by atoms with E-state index in [0.717, 1.165) is 34.1 Å². The molecule has 2 N–H and O–H groups in total. The summed E-state index contributed by atoms with van der Waals surface area (Å²) < 4.78 is 5.22. The molecular weight excluding hydrogens is 374 g/mol. The smallest absolute Gasteiger partial charge is 0.163 e. The van der Waals surface area contributed by atoms with Crippen molar-refractivity contribution < 1.29 is 4.74 Å². The van der Waals surface area contributed by atoms with Crippen LogP contribution in [0.15, 0.2) is 85.2 Å². The summed E-state index contributed by atoms with van der Waals surface area (Å²) in [5, 5.41) is 6.79. The van der Waals surface area contributed by atoms with Gasteiger partial charge in [-0.3, -0.25) is 4.98 Å². The van der Waals surface area contributed by atoms with Crippen LogP contribution in [0.25, 0.3) is 11.4 Å². The highest BCUT2D eigenvalue weighted by Gasteiger charge is 2.07. The highest BCUT2D eigenvalue weighted by molar-refractivity contribution is 5.61.